The van der Waals surface area contributed by atoms with E-state index in [1.54, 1.807) is 19.3 Å². The van der Waals surface area contributed by atoms with Crippen LogP contribution in [0.15, 0.2) is 23.8 Å². The number of carbonyl (C=O) groups excluding carboxylic acids is 2. The van der Waals surface area contributed by atoms with Crippen molar-refractivity contribution in [2.45, 2.75) is 25.9 Å². The molecule has 0 N–H and O–H groups in total. The van der Waals surface area contributed by atoms with Crippen molar-refractivity contribution in [3.8, 4) is 0 Å². The lowest BCUT2D eigenvalue weighted by Crippen LogP contribution is -2.17. The van der Waals surface area contributed by atoms with Crippen LogP contribution in [0.3, 0.4) is 0 Å². The Morgan fingerprint density at radius 1 is 1.19 bits per heavy atom. The van der Waals surface area contributed by atoms with Crippen LogP contribution in [0, 0.1) is 0 Å². The molecule has 0 spiro atoms. The van der Waals surface area contributed by atoms with E-state index in [1.807, 2.05) is 6.08 Å². The molecular weight excluding hydrogens is 276 g/mol. The maximum absolute atomic E-state index is 11.8. The van der Waals surface area contributed by atoms with Gasteiger partial charge in [-0.25, -0.2) is 4.79 Å². The van der Waals surface area contributed by atoms with Crippen LogP contribution in [0.2, 0.25) is 0 Å². The maximum Gasteiger partial charge on any atom is 0.337 e. The Bertz CT molecular complexity index is 399. The summed E-state index contributed by atoms with van der Waals surface area (Å²) in [5.74, 6) is -0.705. The van der Waals surface area contributed by atoms with Gasteiger partial charge in [-0.2, -0.15) is 0 Å². The summed E-state index contributed by atoms with van der Waals surface area (Å²) in [7, 11) is 1.62. The number of ether oxygens (including phenoxy) is 4. The summed E-state index contributed by atoms with van der Waals surface area (Å²) in [6.45, 7) is 2.90. The zero-order chi connectivity index (χ0) is 15.5. The van der Waals surface area contributed by atoms with E-state index >= 15 is 0 Å². The highest BCUT2D eigenvalue weighted by molar-refractivity contribution is 5.91. The Labute approximate surface area is 124 Å². The lowest BCUT2D eigenvalue weighted by molar-refractivity contribution is -0.142. The van der Waals surface area contributed by atoms with E-state index in [0.717, 1.165) is 0 Å². The number of methoxy groups -OCH3 is 1. The fourth-order valence-corrected chi connectivity index (χ4v) is 1.68. The minimum atomic E-state index is -0.371. The van der Waals surface area contributed by atoms with Crippen LogP contribution in [0.5, 0.6) is 0 Å². The molecule has 118 valence electrons. The summed E-state index contributed by atoms with van der Waals surface area (Å²) in [5.41, 5.74) is 0.522. The first kappa shape index (κ1) is 17.4. The smallest absolute Gasteiger partial charge is 0.337 e. The first-order valence-electron chi connectivity index (χ1n) is 6.93. The minimum absolute atomic E-state index is 0.0272. The topological polar surface area (TPSA) is 71.1 Å². The third kappa shape index (κ3) is 7.63. The second kappa shape index (κ2) is 10.1. The van der Waals surface area contributed by atoms with Gasteiger partial charge in [0.05, 0.1) is 38.1 Å². The highest BCUT2D eigenvalue weighted by atomic mass is 16.5. The van der Waals surface area contributed by atoms with Gasteiger partial charge in [-0.05, 0) is 12.5 Å². The van der Waals surface area contributed by atoms with Crippen molar-refractivity contribution >= 4 is 11.9 Å². The standard InChI is InChI=1S/C15H22O6/c1-12(16)19-8-3-9-21-15(17)13-4-6-14(7-5-13)20-11-10-18-2/h4-6,14H,3,7-11H2,1-2H3. The predicted molar refractivity (Wildman–Crippen MR) is 75.7 cm³/mol. The van der Waals surface area contributed by atoms with Crippen LogP contribution in [0.25, 0.3) is 0 Å². The molecule has 0 fully saturated rings. The van der Waals surface area contributed by atoms with Gasteiger partial charge in [0, 0.05) is 20.5 Å². The average Bonchev–Trinajstić information content (AvgIpc) is 2.47. The fraction of sp³-hybridized carbons (Fsp3) is 0.600. The summed E-state index contributed by atoms with van der Waals surface area (Å²) >= 11 is 0. The molecule has 1 aliphatic rings. The summed E-state index contributed by atoms with van der Waals surface area (Å²) in [6.07, 6.45) is 6.44. The SMILES string of the molecule is COCCOC1C=CC(C(=O)OCCCOC(C)=O)=CC1. The summed E-state index contributed by atoms with van der Waals surface area (Å²) in [4.78, 5) is 22.3. The molecule has 0 bridgehead atoms. The van der Waals surface area contributed by atoms with Gasteiger partial charge in [-0.3, -0.25) is 4.79 Å². The van der Waals surface area contributed by atoms with E-state index in [9.17, 15) is 9.59 Å². The molecule has 0 aromatic rings. The molecule has 21 heavy (non-hydrogen) atoms. The van der Waals surface area contributed by atoms with Gasteiger partial charge in [0.25, 0.3) is 0 Å². The summed E-state index contributed by atoms with van der Waals surface area (Å²) < 4.78 is 20.3. The number of carbonyl (C=O) groups is 2. The predicted octanol–water partition coefficient (Wildman–Crippen LogP) is 1.40. The Hall–Kier alpha value is -1.66. The molecule has 0 radical (unpaired) electrons. The molecule has 0 aromatic heterocycles. The number of rotatable bonds is 9. The van der Waals surface area contributed by atoms with E-state index in [4.69, 9.17) is 18.9 Å². The molecule has 0 aliphatic heterocycles. The van der Waals surface area contributed by atoms with E-state index in [1.165, 1.54) is 6.92 Å². The molecule has 1 rings (SSSR count). The second-order valence-corrected chi connectivity index (χ2v) is 4.49. The van der Waals surface area contributed by atoms with Crippen molar-refractivity contribution in [3.63, 3.8) is 0 Å². The zero-order valence-corrected chi connectivity index (χ0v) is 12.5. The van der Waals surface area contributed by atoms with Gasteiger partial charge in [-0.1, -0.05) is 12.2 Å². The van der Waals surface area contributed by atoms with E-state index in [0.29, 0.717) is 31.6 Å². The first-order chi connectivity index (χ1) is 10.1. The van der Waals surface area contributed by atoms with Crippen LogP contribution in [0.1, 0.15) is 19.8 Å². The number of esters is 2. The molecule has 0 saturated carbocycles. The van der Waals surface area contributed by atoms with Crippen molar-refractivity contribution in [2.24, 2.45) is 0 Å². The molecule has 0 heterocycles. The normalized spacial score (nSPS) is 17.2. The quantitative estimate of drug-likeness (QED) is 0.473. The van der Waals surface area contributed by atoms with E-state index < -0.39 is 0 Å². The van der Waals surface area contributed by atoms with Crippen molar-refractivity contribution in [1.82, 2.24) is 0 Å². The first-order valence-corrected chi connectivity index (χ1v) is 6.93. The molecule has 0 aromatic carbocycles. The Kier molecular flexibility index (Phi) is 8.38. The van der Waals surface area contributed by atoms with Gasteiger partial charge in [-0.15, -0.1) is 0 Å². The monoisotopic (exact) mass is 298 g/mol. The molecule has 1 atom stereocenters. The van der Waals surface area contributed by atoms with Gasteiger partial charge in [0.15, 0.2) is 0 Å². The Morgan fingerprint density at radius 2 is 1.95 bits per heavy atom. The van der Waals surface area contributed by atoms with E-state index in [2.05, 4.69) is 0 Å². The third-order valence-electron chi connectivity index (χ3n) is 2.74. The molecular formula is C15H22O6. The molecule has 1 unspecified atom stereocenters. The van der Waals surface area contributed by atoms with Gasteiger partial charge in [0.2, 0.25) is 0 Å². The fourth-order valence-electron chi connectivity index (χ4n) is 1.68. The third-order valence-corrected chi connectivity index (χ3v) is 2.74. The molecule has 1 aliphatic carbocycles. The molecule has 6 heteroatoms. The summed E-state index contributed by atoms with van der Waals surface area (Å²) in [6, 6.07) is 0. The Balaban J connectivity index is 2.18. The van der Waals surface area contributed by atoms with Crippen molar-refractivity contribution in [1.29, 1.82) is 0 Å². The Morgan fingerprint density at radius 3 is 2.57 bits per heavy atom. The van der Waals surface area contributed by atoms with Crippen molar-refractivity contribution in [2.75, 3.05) is 33.5 Å². The summed E-state index contributed by atoms with van der Waals surface area (Å²) in [5, 5.41) is 0. The van der Waals surface area contributed by atoms with Crippen LogP contribution >= 0.6 is 0 Å². The van der Waals surface area contributed by atoms with Gasteiger partial charge < -0.3 is 18.9 Å². The van der Waals surface area contributed by atoms with Crippen molar-refractivity contribution < 1.29 is 28.5 Å². The molecule has 0 saturated heterocycles. The molecule has 6 nitrogen and oxygen atoms in total. The van der Waals surface area contributed by atoms with Gasteiger partial charge in [0.1, 0.15) is 0 Å². The lowest BCUT2D eigenvalue weighted by Gasteiger charge is -2.16. The average molecular weight is 298 g/mol. The highest BCUT2D eigenvalue weighted by Gasteiger charge is 2.14. The van der Waals surface area contributed by atoms with Crippen LogP contribution in [-0.4, -0.2) is 51.6 Å². The largest absolute Gasteiger partial charge is 0.466 e. The lowest BCUT2D eigenvalue weighted by atomic mass is 10.1. The molecule has 0 amide bonds. The number of hydrogen-bond acceptors (Lipinski definition) is 6. The van der Waals surface area contributed by atoms with Crippen LogP contribution < -0.4 is 0 Å². The number of hydrogen-bond donors (Lipinski definition) is 0. The van der Waals surface area contributed by atoms with Crippen LogP contribution in [-0.2, 0) is 28.5 Å². The van der Waals surface area contributed by atoms with Crippen LogP contribution in [0.4, 0.5) is 0 Å². The zero-order valence-electron chi connectivity index (χ0n) is 12.5. The maximum atomic E-state index is 11.8. The van der Waals surface area contributed by atoms with Gasteiger partial charge >= 0.3 is 11.9 Å². The van der Waals surface area contributed by atoms with E-state index in [-0.39, 0.29) is 31.3 Å². The van der Waals surface area contributed by atoms with Crippen molar-refractivity contribution in [3.05, 3.63) is 23.8 Å². The second-order valence-electron chi connectivity index (χ2n) is 4.49. The highest BCUT2D eigenvalue weighted by Crippen LogP contribution is 2.14. The minimum Gasteiger partial charge on any atom is -0.466 e.